The predicted octanol–water partition coefficient (Wildman–Crippen LogP) is 1.30. The minimum Gasteiger partial charge on any atom is -0.293 e. The molecule has 1 aromatic carbocycles. The van der Waals surface area contributed by atoms with Gasteiger partial charge in [0.2, 0.25) is 10.0 Å². The number of hydrogen-bond donors (Lipinski definition) is 1. The number of rotatable bonds is 5. The topological polar surface area (TPSA) is 63.2 Å². The first-order valence-electron chi connectivity index (χ1n) is 6.14. The third-order valence-electron chi connectivity index (χ3n) is 3.25. The van der Waals surface area contributed by atoms with Crippen molar-refractivity contribution in [3.05, 3.63) is 34.9 Å². The smallest absolute Gasteiger partial charge is 0.211 e. The number of carbonyl (C=O) groups is 1. The average molecular weight is 267 g/mol. The van der Waals surface area contributed by atoms with Crippen LogP contribution in [0.1, 0.15) is 34.8 Å². The average Bonchev–Trinajstić information content (AvgIpc) is 2.83. The van der Waals surface area contributed by atoms with Gasteiger partial charge in [0.1, 0.15) is 0 Å². The van der Waals surface area contributed by atoms with Crippen molar-refractivity contribution in [3.8, 4) is 0 Å². The lowest BCUT2D eigenvalue weighted by Gasteiger charge is -2.06. The van der Waals surface area contributed by atoms with E-state index in [1.54, 1.807) is 13.0 Å². The molecule has 0 saturated heterocycles. The number of Topliss-reactive ketones (excluding diaryl/α,β-unsaturated/α-hetero) is 1. The van der Waals surface area contributed by atoms with Gasteiger partial charge >= 0.3 is 0 Å². The molecule has 0 atom stereocenters. The molecule has 0 radical (unpaired) electrons. The SMILES string of the molecule is CCS(=O)(=O)NCC(=O)c1ccc2c(c1)CCC2. The molecule has 2 rings (SSSR count). The van der Waals surface area contributed by atoms with Gasteiger partial charge < -0.3 is 0 Å². The molecule has 0 heterocycles. The van der Waals surface area contributed by atoms with Gasteiger partial charge in [-0.1, -0.05) is 12.1 Å². The van der Waals surface area contributed by atoms with E-state index in [-0.39, 0.29) is 18.1 Å². The molecular weight excluding hydrogens is 250 g/mol. The molecule has 0 saturated carbocycles. The Labute approximate surface area is 107 Å². The van der Waals surface area contributed by atoms with E-state index in [0.717, 1.165) is 19.3 Å². The molecule has 0 fully saturated rings. The molecule has 0 aliphatic heterocycles. The lowest BCUT2D eigenvalue weighted by molar-refractivity contribution is 0.0997. The lowest BCUT2D eigenvalue weighted by atomic mass is 10.0. The number of aryl methyl sites for hydroxylation is 2. The number of fused-ring (bicyclic) bond motifs is 1. The zero-order valence-electron chi connectivity index (χ0n) is 10.4. The van der Waals surface area contributed by atoms with Crippen LogP contribution in [0.5, 0.6) is 0 Å². The van der Waals surface area contributed by atoms with Gasteiger partial charge in [0, 0.05) is 5.56 Å². The van der Waals surface area contributed by atoms with Gasteiger partial charge in [-0.3, -0.25) is 4.79 Å². The van der Waals surface area contributed by atoms with E-state index >= 15 is 0 Å². The molecule has 1 aromatic rings. The number of sulfonamides is 1. The van der Waals surface area contributed by atoms with Crippen molar-refractivity contribution in [2.75, 3.05) is 12.3 Å². The summed E-state index contributed by atoms with van der Waals surface area (Å²) in [6.45, 7) is 1.39. The summed E-state index contributed by atoms with van der Waals surface area (Å²) in [5.41, 5.74) is 3.12. The first-order valence-corrected chi connectivity index (χ1v) is 7.79. The van der Waals surface area contributed by atoms with Crippen molar-refractivity contribution in [2.24, 2.45) is 0 Å². The molecule has 18 heavy (non-hydrogen) atoms. The summed E-state index contributed by atoms with van der Waals surface area (Å²) in [7, 11) is -3.30. The molecule has 1 N–H and O–H groups in total. The first kappa shape index (κ1) is 13.2. The Morgan fingerprint density at radius 3 is 2.72 bits per heavy atom. The number of ketones is 1. The maximum Gasteiger partial charge on any atom is 0.211 e. The number of benzene rings is 1. The van der Waals surface area contributed by atoms with E-state index in [1.165, 1.54) is 11.1 Å². The van der Waals surface area contributed by atoms with Gasteiger partial charge in [-0.2, -0.15) is 0 Å². The van der Waals surface area contributed by atoms with Crippen molar-refractivity contribution in [2.45, 2.75) is 26.2 Å². The summed E-state index contributed by atoms with van der Waals surface area (Å²) in [4.78, 5) is 11.9. The Balaban J connectivity index is 2.06. The van der Waals surface area contributed by atoms with E-state index in [1.807, 2.05) is 12.1 Å². The molecule has 5 heteroatoms. The molecule has 0 bridgehead atoms. The molecular formula is C13H17NO3S. The Kier molecular flexibility index (Phi) is 3.82. The summed E-state index contributed by atoms with van der Waals surface area (Å²) in [5, 5.41) is 0. The third-order valence-corrected chi connectivity index (χ3v) is 4.60. The second-order valence-corrected chi connectivity index (χ2v) is 6.58. The Bertz CT molecular complexity index is 564. The van der Waals surface area contributed by atoms with Crippen LogP contribution in [0.15, 0.2) is 18.2 Å². The zero-order chi connectivity index (χ0) is 13.2. The van der Waals surface area contributed by atoms with Crippen LogP contribution >= 0.6 is 0 Å². The molecule has 1 aliphatic carbocycles. The normalized spacial score (nSPS) is 14.5. The van der Waals surface area contributed by atoms with E-state index < -0.39 is 10.0 Å². The molecule has 4 nitrogen and oxygen atoms in total. The van der Waals surface area contributed by atoms with E-state index in [4.69, 9.17) is 0 Å². The standard InChI is InChI=1S/C13H17NO3S/c1-2-18(16,17)14-9-13(15)12-7-6-10-4-3-5-11(10)8-12/h6-8,14H,2-5,9H2,1H3. The van der Waals surface area contributed by atoms with E-state index in [2.05, 4.69) is 4.72 Å². The highest BCUT2D eigenvalue weighted by atomic mass is 32.2. The van der Waals surface area contributed by atoms with Crippen molar-refractivity contribution in [1.82, 2.24) is 4.72 Å². The van der Waals surface area contributed by atoms with Crippen LogP contribution in [0, 0.1) is 0 Å². The molecule has 98 valence electrons. The summed E-state index contributed by atoms with van der Waals surface area (Å²) in [6, 6.07) is 5.65. The van der Waals surface area contributed by atoms with Crippen LogP contribution in [0.2, 0.25) is 0 Å². The quantitative estimate of drug-likeness (QED) is 0.818. The minimum atomic E-state index is -3.30. The largest absolute Gasteiger partial charge is 0.293 e. The predicted molar refractivity (Wildman–Crippen MR) is 70.3 cm³/mol. The van der Waals surface area contributed by atoms with Crippen molar-refractivity contribution in [1.29, 1.82) is 0 Å². The highest BCUT2D eigenvalue weighted by Crippen LogP contribution is 2.22. The van der Waals surface area contributed by atoms with Gasteiger partial charge in [0.05, 0.1) is 12.3 Å². The van der Waals surface area contributed by atoms with Crippen LogP contribution < -0.4 is 4.72 Å². The monoisotopic (exact) mass is 267 g/mol. The van der Waals surface area contributed by atoms with Crippen LogP contribution in [0.4, 0.5) is 0 Å². The molecule has 0 spiro atoms. The molecule has 0 unspecified atom stereocenters. The van der Waals surface area contributed by atoms with Gasteiger partial charge in [0.25, 0.3) is 0 Å². The van der Waals surface area contributed by atoms with Crippen LogP contribution in [-0.4, -0.2) is 26.5 Å². The second-order valence-electron chi connectivity index (χ2n) is 4.48. The maximum atomic E-state index is 11.9. The highest BCUT2D eigenvalue weighted by Gasteiger charge is 2.15. The molecule has 0 amide bonds. The van der Waals surface area contributed by atoms with Gasteiger partial charge in [0.15, 0.2) is 5.78 Å². The Morgan fingerprint density at radius 1 is 1.28 bits per heavy atom. The van der Waals surface area contributed by atoms with Crippen molar-refractivity contribution in [3.63, 3.8) is 0 Å². The third kappa shape index (κ3) is 2.97. The number of carbonyl (C=O) groups excluding carboxylic acids is 1. The molecule has 0 aromatic heterocycles. The highest BCUT2D eigenvalue weighted by molar-refractivity contribution is 7.89. The number of nitrogens with one attached hydrogen (secondary N) is 1. The Morgan fingerprint density at radius 2 is 2.00 bits per heavy atom. The molecule has 1 aliphatic rings. The zero-order valence-corrected chi connectivity index (χ0v) is 11.2. The van der Waals surface area contributed by atoms with Gasteiger partial charge in [-0.05, 0) is 43.4 Å². The van der Waals surface area contributed by atoms with Crippen molar-refractivity contribution < 1.29 is 13.2 Å². The summed E-state index contributed by atoms with van der Waals surface area (Å²) < 4.78 is 24.8. The lowest BCUT2D eigenvalue weighted by Crippen LogP contribution is -2.30. The Hall–Kier alpha value is -1.20. The van der Waals surface area contributed by atoms with Crippen LogP contribution in [0.25, 0.3) is 0 Å². The second kappa shape index (κ2) is 5.20. The van der Waals surface area contributed by atoms with Gasteiger partial charge in [-0.25, -0.2) is 13.1 Å². The number of hydrogen-bond acceptors (Lipinski definition) is 3. The first-order chi connectivity index (χ1) is 8.52. The fourth-order valence-electron chi connectivity index (χ4n) is 2.12. The van der Waals surface area contributed by atoms with Crippen LogP contribution in [0.3, 0.4) is 0 Å². The van der Waals surface area contributed by atoms with Crippen LogP contribution in [-0.2, 0) is 22.9 Å². The fraction of sp³-hybridized carbons (Fsp3) is 0.462. The van der Waals surface area contributed by atoms with Crippen molar-refractivity contribution >= 4 is 15.8 Å². The maximum absolute atomic E-state index is 11.9. The minimum absolute atomic E-state index is 0.00946. The fourth-order valence-corrected chi connectivity index (χ4v) is 2.68. The van der Waals surface area contributed by atoms with E-state index in [0.29, 0.717) is 5.56 Å². The summed E-state index contributed by atoms with van der Waals surface area (Å²) >= 11 is 0. The summed E-state index contributed by atoms with van der Waals surface area (Å²) in [6.07, 6.45) is 3.22. The summed E-state index contributed by atoms with van der Waals surface area (Å²) in [5.74, 6) is -0.188. The van der Waals surface area contributed by atoms with Gasteiger partial charge in [-0.15, -0.1) is 0 Å². The van der Waals surface area contributed by atoms with E-state index in [9.17, 15) is 13.2 Å².